The monoisotopic (exact) mass is 877 g/mol. The van der Waals surface area contributed by atoms with Crippen molar-refractivity contribution in [3.63, 3.8) is 0 Å². The number of hydrogen-bond donors (Lipinski definition) is 4. The molecule has 4 N–H and O–H groups in total. The first-order valence-electron chi connectivity index (χ1n) is 19.0. The number of carbonyl (C=O) groups excluding carboxylic acids is 3. The van der Waals surface area contributed by atoms with E-state index in [0.717, 1.165) is 19.1 Å². The van der Waals surface area contributed by atoms with Crippen molar-refractivity contribution in [3.8, 4) is 6.07 Å². The molecule has 6 rings (SSSR count). The Morgan fingerprint density at radius 3 is 2.27 bits per heavy atom. The summed E-state index contributed by atoms with van der Waals surface area (Å²) in [6, 6.07) is 20.3. The lowest BCUT2D eigenvalue weighted by molar-refractivity contribution is -0.138. The number of H-pyrrole nitrogens is 1. The van der Waals surface area contributed by atoms with Gasteiger partial charge >= 0.3 is 6.18 Å². The molecule has 0 bridgehead atoms. The second-order valence-electron chi connectivity index (χ2n) is 14.6. The predicted octanol–water partition coefficient (Wildman–Crippen LogP) is 4.12. The molecule has 3 amide bonds. The summed E-state index contributed by atoms with van der Waals surface area (Å²) in [6.45, 7) is 1.71. The molecule has 0 radical (unpaired) electrons. The number of aliphatic hydroxyl groups is 1. The SMILES string of the molecule is C[C@](O)(CS(=O)(=O)c1ccc(NCCOCC(=O)N2CCN(C(=O)c3cc(Cc4n[nH]c(=O)c5ccccc45)ccc3F)CC2)cc1)C(=O)Nc1ccc(C#N)c(C(F)(F)F)c1. The van der Waals surface area contributed by atoms with E-state index in [9.17, 15) is 50.3 Å². The van der Waals surface area contributed by atoms with Crippen LogP contribution in [0.15, 0.2) is 94.6 Å². The van der Waals surface area contributed by atoms with Crippen molar-refractivity contribution in [3.05, 3.63) is 129 Å². The number of nitrogens with one attached hydrogen (secondary N) is 3. The van der Waals surface area contributed by atoms with Crippen molar-refractivity contribution in [1.29, 1.82) is 5.26 Å². The number of anilines is 2. The molecule has 1 saturated heterocycles. The molecule has 20 heteroatoms. The number of halogens is 4. The fourth-order valence-corrected chi connectivity index (χ4v) is 8.30. The molecule has 2 heterocycles. The number of piperazine rings is 1. The second kappa shape index (κ2) is 18.5. The van der Waals surface area contributed by atoms with Gasteiger partial charge in [0.1, 0.15) is 12.4 Å². The lowest BCUT2D eigenvalue weighted by Gasteiger charge is -2.34. The van der Waals surface area contributed by atoms with Gasteiger partial charge in [0.05, 0.1) is 51.1 Å². The molecule has 0 aliphatic carbocycles. The number of alkyl halides is 3. The van der Waals surface area contributed by atoms with E-state index >= 15 is 0 Å². The number of rotatable bonds is 14. The quantitative estimate of drug-likeness (QED) is 0.0920. The molecule has 62 heavy (non-hydrogen) atoms. The third-order valence-electron chi connectivity index (χ3n) is 10.0. The van der Waals surface area contributed by atoms with Crippen molar-refractivity contribution in [2.45, 2.75) is 30.0 Å². The van der Waals surface area contributed by atoms with Gasteiger partial charge in [0.25, 0.3) is 17.4 Å². The zero-order valence-electron chi connectivity index (χ0n) is 33.0. The van der Waals surface area contributed by atoms with Gasteiger partial charge in [-0.25, -0.2) is 17.9 Å². The van der Waals surface area contributed by atoms with Gasteiger partial charge in [-0.3, -0.25) is 19.2 Å². The maximum absolute atomic E-state index is 14.9. The number of aromatic amines is 1. The molecule has 1 aliphatic rings. The lowest BCUT2D eigenvalue weighted by Crippen LogP contribution is -2.51. The smallest absolute Gasteiger partial charge is 0.383 e. The van der Waals surface area contributed by atoms with Gasteiger partial charge in [0.15, 0.2) is 15.4 Å². The number of hydrogen-bond acceptors (Lipinski definition) is 11. The molecule has 0 spiro atoms. The van der Waals surface area contributed by atoms with E-state index in [4.69, 9.17) is 10.00 Å². The summed E-state index contributed by atoms with van der Waals surface area (Å²) >= 11 is 0. The summed E-state index contributed by atoms with van der Waals surface area (Å²) in [5, 5.41) is 32.5. The van der Waals surface area contributed by atoms with Crippen molar-refractivity contribution in [1.82, 2.24) is 20.0 Å². The van der Waals surface area contributed by atoms with E-state index in [-0.39, 0.29) is 74.3 Å². The van der Waals surface area contributed by atoms with E-state index in [1.165, 1.54) is 52.3 Å². The van der Waals surface area contributed by atoms with Gasteiger partial charge in [-0.2, -0.15) is 23.5 Å². The first-order chi connectivity index (χ1) is 29.4. The number of nitriles is 1. The molecule has 324 valence electrons. The zero-order valence-corrected chi connectivity index (χ0v) is 33.8. The number of ether oxygens (including phenoxy) is 1. The molecule has 15 nitrogen and oxygen atoms in total. The predicted molar refractivity (Wildman–Crippen MR) is 217 cm³/mol. The highest BCUT2D eigenvalue weighted by Crippen LogP contribution is 2.34. The van der Waals surface area contributed by atoms with Crippen LogP contribution in [0.3, 0.4) is 0 Å². The summed E-state index contributed by atoms with van der Waals surface area (Å²) < 4.78 is 86.6. The Morgan fingerprint density at radius 2 is 1.60 bits per heavy atom. The Labute approximate surface area is 351 Å². The molecule has 0 saturated carbocycles. The summed E-state index contributed by atoms with van der Waals surface area (Å²) in [5.41, 5.74) is -3.73. The second-order valence-corrected chi connectivity index (χ2v) is 16.6. The lowest BCUT2D eigenvalue weighted by atomic mass is 10.0. The number of nitrogens with zero attached hydrogens (tertiary/aromatic N) is 4. The minimum atomic E-state index is -4.90. The van der Waals surface area contributed by atoms with E-state index < -0.39 is 61.8 Å². The van der Waals surface area contributed by atoms with Crippen LogP contribution in [0.4, 0.5) is 28.9 Å². The summed E-state index contributed by atoms with van der Waals surface area (Å²) in [6.07, 6.45) is -4.66. The van der Waals surface area contributed by atoms with E-state index in [0.29, 0.717) is 33.8 Å². The first-order valence-corrected chi connectivity index (χ1v) is 20.6. The first kappa shape index (κ1) is 44.9. The third kappa shape index (κ3) is 10.6. The molecule has 1 aliphatic heterocycles. The van der Waals surface area contributed by atoms with E-state index in [2.05, 4.69) is 20.8 Å². The van der Waals surface area contributed by atoms with Crippen molar-refractivity contribution >= 4 is 49.7 Å². The van der Waals surface area contributed by atoms with Crippen LogP contribution in [0.5, 0.6) is 0 Å². The van der Waals surface area contributed by atoms with Crippen LogP contribution < -0.4 is 16.2 Å². The fraction of sp³-hybridized carbons (Fsp3) is 0.286. The molecule has 1 atom stereocenters. The number of fused-ring (bicyclic) bond motifs is 1. The van der Waals surface area contributed by atoms with Crippen molar-refractivity contribution in [2.75, 3.05) is 62.3 Å². The Balaban J connectivity index is 0.926. The highest BCUT2D eigenvalue weighted by Gasteiger charge is 2.38. The van der Waals surface area contributed by atoms with E-state index in [1.807, 2.05) is 0 Å². The molecule has 4 aromatic carbocycles. The highest BCUT2D eigenvalue weighted by atomic mass is 32.2. The molecule has 0 unspecified atom stereocenters. The maximum Gasteiger partial charge on any atom is 0.417 e. The molecule has 5 aromatic rings. The Kier molecular flexibility index (Phi) is 13.4. The zero-order chi connectivity index (χ0) is 44.8. The van der Waals surface area contributed by atoms with Crippen LogP contribution in [0.1, 0.15) is 39.7 Å². The van der Waals surface area contributed by atoms with Crippen LogP contribution in [0.25, 0.3) is 10.8 Å². The van der Waals surface area contributed by atoms with Gasteiger partial charge < -0.3 is 30.3 Å². The van der Waals surface area contributed by atoms with Crippen molar-refractivity contribution < 1.29 is 50.2 Å². The van der Waals surface area contributed by atoms with Crippen molar-refractivity contribution in [2.24, 2.45) is 0 Å². The maximum atomic E-state index is 14.9. The topological polar surface area (TPSA) is 215 Å². The highest BCUT2D eigenvalue weighted by molar-refractivity contribution is 7.91. The summed E-state index contributed by atoms with van der Waals surface area (Å²) in [5.74, 6) is -3.90. The van der Waals surface area contributed by atoms with Crippen LogP contribution in [-0.2, 0) is 36.8 Å². The van der Waals surface area contributed by atoms with Crippen LogP contribution in [0.2, 0.25) is 0 Å². The normalized spacial score (nSPS) is 14.2. The Bertz CT molecular complexity index is 2710. The number of aromatic nitrogens is 2. The van der Waals surface area contributed by atoms with Gasteiger partial charge in [-0.15, -0.1) is 0 Å². The van der Waals surface area contributed by atoms with Gasteiger partial charge in [-0.1, -0.05) is 24.3 Å². The average Bonchev–Trinajstić information content (AvgIpc) is 3.24. The fourth-order valence-electron chi connectivity index (χ4n) is 6.71. The minimum absolute atomic E-state index is 0.0892. The molecular weight excluding hydrogens is 839 g/mol. The van der Waals surface area contributed by atoms with Gasteiger partial charge in [0.2, 0.25) is 5.91 Å². The van der Waals surface area contributed by atoms with Crippen LogP contribution in [-0.4, -0.2) is 109 Å². The van der Waals surface area contributed by atoms with Gasteiger partial charge in [-0.05, 0) is 73.2 Å². The average molecular weight is 878 g/mol. The molecule has 1 aromatic heterocycles. The molecule has 1 fully saturated rings. The number of amides is 3. The van der Waals surface area contributed by atoms with Gasteiger partial charge in [0, 0.05) is 55.9 Å². The summed E-state index contributed by atoms with van der Waals surface area (Å²) in [4.78, 5) is 53.9. The number of carbonyl (C=O) groups is 3. The largest absolute Gasteiger partial charge is 0.417 e. The standard InChI is InChI=1S/C42H39F4N7O8S/c1-41(58,40(57)49-29-8-7-27(23-47)34(22-29)42(44,45)46)25-62(59,60)30-11-9-28(10-12-30)48-14-19-61-24-37(54)52-15-17-53(18-16-52)39(56)33-20-26(6-13-35(33)43)21-36-31-4-2-3-5-32(31)38(55)51-50-36/h2-13,20,22,48,58H,14-19,21,24-25H2,1H3,(H,49,57)(H,51,55)/t41-/m0/s1. The molecular formula is C42H39F4N7O8S. The number of sulfone groups is 1. The minimum Gasteiger partial charge on any atom is -0.383 e. The van der Waals surface area contributed by atoms with Crippen LogP contribution in [0, 0.1) is 17.1 Å². The third-order valence-corrected chi connectivity index (χ3v) is 11.9. The Hall–Kier alpha value is -6.69. The van der Waals surface area contributed by atoms with Crippen LogP contribution >= 0.6 is 0 Å². The number of benzene rings is 4. The van der Waals surface area contributed by atoms with E-state index in [1.54, 1.807) is 30.3 Å². The Morgan fingerprint density at radius 1 is 0.935 bits per heavy atom. The summed E-state index contributed by atoms with van der Waals surface area (Å²) in [7, 11) is -4.29.